The Bertz CT molecular complexity index is 1850. The van der Waals surface area contributed by atoms with E-state index in [2.05, 4.69) is 10.2 Å². The maximum absolute atomic E-state index is 13.5. The molecule has 0 fully saturated rings. The summed E-state index contributed by atoms with van der Waals surface area (Å²) in [6.45, 7) is 0. The summed E-state index contributed by atoms with van der Waals surface area (Å²) < 4.78 is 7.71. The topological polar surface area (TPSA) is 73.3 Å². The number of para-hydroxylation sites is 2. The molecule has 150 valence electrons. The smallest absolute Gasteiger partial charge is 0.264 e. The summed E-state index contributed by atoms with van der Waals surface area (Å²) in [6.07, 6.45) is 0. The number of hydrogen-bond donors (Lipinski definition) is 0. The number of hydrogen-bond acceptors (Lipinski definition) is 5. The summed E-state index contributed by atoms with van der Waals surface area (Å²) in [5.41, 5.74) is 3.82. The van der Waals surface area contributed by atoms with Crippen molar-refractivity contribution in [1.82, 2.24) is 19.6 Å². The van der Waals surface area contributed by atoms with E-state index in [-0.39, 0.29) is 5.56 Å². The molecule has 0 saturated carbocycles. The molecule has 0 spiro atoms. The first-order chi connectivity index (χ1) is 15.8. The van der Waals surface area contributed by atoms with Crippen molar-refractivity contribution < 1.29 is 4.42 Å². The van der Waals surface area contributed by atoms with Crippen LogP contribution >= 0.6 is 0 Å². The standard InChI is InChI=1S/C26H14N4O2/c31-26-19-10-6-9-16-17(25-29-28-24(32-25)15-7-2-1-3-8-15)13-14-18(22(16)19)23-27-20-11-4-5-12-21(20)30(23)26/h1-14H. The van der Waals surface area contributed by atoms with Gasteiger partial charge in [-0.1, -0.05) is 42.5 Å². The van der Waals surface area contributed by atoms with E-state index in [4.69, 9.17) is 9.40 Å². The average molecular weight is 414 g/mol. The normalized spacial score (nSPS) is 11.9. The van der Waals surface area contributed by atoms with Gasteiger partial charge in [-0.2, -0.15) is 0 Å². The Morgan fingerprint density at radius 1 is 0.688 bits per heavy atom. The monoisotopic (exact) mass is 414 g/mol. The fourth-order valence-corrected chi connectivity index (χ4v) is 4.52. The molecular formula is C26H14N4O2. The van der Waals surface area contributed by atoms with Crippen LogP contribution in [0.5, 0.6) is 0 Å². The van der Waals surface area contributed by atoms with Crippen molar-refractivity contribution in [1.29, 1.82) is 0 Å². The van der Waals surface area contributed by atoms with Crippen LogP contribution < -0.4 is 5.56 Å². The van der Waals surface area contributed by atoms with Crippen LogP contribution in [0.3, 0.4) is 0 Å². The Morgan fingerprint density at radius 3 is 2.38 bits per heavy atom. The molecule has 0 bridgehead atoms. The van der Waals surface area contributed by atoms with Gasteiger partial charge in [0.1, 0.15) is 5.65 Å². The second-order valence-corrected chi connectivity index (χ2v) is 7.73. The molecule has 7 aromatic rings. The van der Waals surface area contributed by atoms with E-state index in [1.165, 1.54) is 0 Å². The predicted octanol–water partition coefficient (Wildman–Crippen LogP) is 5.31. The van der Waals surface area contributed by atoms with Gasteiger partial charge in [-0.05, 0) is 47.9 Å². The van der Waals surface area contributed by atoms with E-state index in [1.807, 2.05) is 84.9 Å². The maximum Gasteiger partial charge on any atom is 0.264 e. The van der Waals surface area contributed by atoms with Gasteiger partial charge in [0.15, 0.2) is 0 Å². The van der Waals surface area contributed by atoms with Crippen molar-refractivity contribution in [3.8, 4) is 22.9 Å². The van der Waals surface area contributed by atoms with Crippen LogP contribution in [0.4, 0.5) is 0 Å². The van der Waals surface area contributed by atoms with Crippen molar-refractivity contribution in [3.63, 3.8) is 0 Å². The molecule has 32 heavy (non-hydrogen) atoms. The third-order valence-corrected chi connectivity index (χ3v) is 5.95. The largest absolute Gasteiger partial charge is 0.416 e. The number of pyridine rings is 1. The van der Waals surface area contributed by atoms with Crippen LogP contribution in [0, 0.1) is 0 Å². The molecule has 3 heterocycles. The molecule has 6 heteroatoms. The van der Waals surface area contributed by atoms with Crippen LogP contribution in [0.2, 0.25) is 0 Å². The van der Waals surface area contributed by atoms with Crippen molar-refractivity contribution in [2.24, 2.45) is 0 Å². The Labute approximate surface area is 180 Å². The number of rotatable bonds is 2. The SMILES string of the molecule is O=c1c2cccc3c(-c4nnc(-c5ccccc5)o4)ccc(c32)c2nc3ccccc3n12. The van der Waals surface area contributed by atoms with Gasteiger partial charge >= 0.3 is 0 Å². The highest BCUT2D eigenvalue weighted by Crippen LogP contribution is 2.36. The van der Waals surface area contributed by atoms with E-state index in [0.717, 1.165) is 38.3 Å². The van der Waals surface area contributed by atoms with Gasteiger partial charge < -0.3 is 4.42 Å². The highest BCUT2D eigenvalue weighted by molar-refractivity contribution is 6.18. The Hall–Kier alpha value is -4.58. The Morgan fingerprint density at radius 2 is 1.47 bits per heavy atom. The first-order valence-electron chi connectivity index (χ1n) is 10.3. The first kappa shape index (κ1) is 17.1. The zero-order valence-electron chi connectivity index (χ0n) is 16.7. The van der Waals surface area contributed by atoms with E-state index in [9.17, 15) is 4.79 Å². The highest BCUT2D eigenvalue weighted by Gasteiger charge is 2.19. The minimum Gasteiger partial charge on any atom is -0.416 e. The quantitative estimate of drug-likeness (QED) is 0.383. The zero-order chi connectivity index (χ0) is 21.2. The minimum absolute atomic E-state index is 0.0838. The van der Waals surface area contributed by atoms with Crippen LogP contribution in [-0.4, -0.2) is 19.6 Å². The van der Waals surface area contributed by atoms with Gasteiger partial charge in [0, 0.05) is 27.3 Å². The summed E-state index contributed by atoms with van der Waals surface area (Å²) in [4.78, 5) is 18.2. The molecule has 0 atom stereocenters. The molecule has 7 rings (SSSR count). The van der Waals surface area contributed by atoms with Crippen molar-refractivity contribution in [2.45, 2.75) is 0 Å². The molecular weight excluding hydrogens is 400 g/mol. The third-order valence-electron chi connectivity index (χ3n) is 5.95. The number of benzene rings is 4. The summed E-state index contributed by atoms with van der Waals surface area (Å²) in [6, 6.07) is 27.0. The highest BCUT2D eigenvalue weighted by atomic mass is 16.4. The van der Waals surface area contributed by atoms with Crippen LogP contribution in [0.25, 0.3) is 61.1 Å². The summed E-state index contributed by atoms with van der Waals surface area (Å²) in [7, 11) is 0. The molecule has 0 aliphatic carbocycles. The molecule has 0 unspecified atom stereocenters. The predicted molar refractivity (Wildman–Crippen MR) is 124 cm³/mol. The van der Waals surface area contributed by atoms with Gasteiger partial charge in [-0.3, -0.25) is 9.20 Å². The second-order valence-electron chi connectivity index (χ2n) is 7.73. The lowest BCUT2D eigenvalue weighted by Gasteiger charge is -2.09. The van der Waals surface area contributed by atoms with E-state index in [0.29, 0.717) is 22.8 Å². The maximum atomic E-state index is 13.5. The molecule has 0 N–H and O–H groups in total. The lowest BCUT2D eigenvalue weighted by atomic mass is 9.98. The lowest BCUT2D eigenvalue weighted by molar-refractivity contribution is 0.585. The van der Waals surface area contributed by atoms with Gasteiger partial charge in [-0.15, -0.1) is 10.2 Å². The van der Waals surface area contributed by atoms with Crippen molar-refractivity contribution in [2.75, 3.05) is 0 Å². The molecule has 0 amide bonds. The van der Waals surface area contributed by atoms with Gasteiger partial charge in [0.05, 0.1) is 11.0 Å². The van der Waals surface area contributed by atoms with Crippen LogP contribution in [-0.2, 0) is 0 Å². The van der Waals surface area contributed by atoms with Gasteiger partial charge in [0.2, 0.25) is 11.8 Å². The molecule has 6 nitrogen and oxygen atoms in total. The van der Waals surface area contributed by atoms with E-state index < -0.39 is 0 Å². The average Bonchev–Trinajstić information content (AvgIpc) is 3.48. The molecule has 4 aromatic carbocycles. The lowest BCUT2D eigenvalue weighted by Crippen LogP contribution is -2.13. The molecule has 0 saturated heterocycles. The van der Waals surface area contributed by atoms with E-state index in [1.54, 1.807) is 4.40 Å². The fourth-order valence-electron chi connectivity index (χ4n) is 4.52. The summed E-state index contributed by atoms with van der Waals surface area (Å²) in [5, 5.41) is 11.8. The van der Waals surface area contributed by atoms with Crippen molar-refractivity contribution in [3.05, 3.63) is 95.3 Å². The molecule has 0 aliphatic rings. The van der Waals surface area contributed by atoms with Crippen molar-refractivity contribution >= 4 is 38.2 Å². The minimum atomic E-state index is -0.0838. The Balaban J connectivity index is 1.55. The number of aromatic nitrogens is 4. The number of nitrogens with zero attached hydrogens (tertiary/aromatic N) is 4. The molecule has 3 aromatic heterocycles. The van der Waals surface area contributed by atoms with Crippen LogP contribution in [0.1, 0.15) is 0 Å². The Kier molecular flexibility index (Phi) is 3.33. The summed E-state index contributed by atoms with van der Waals surface area (Å²) in [5.74, 6) is 0.873. The molecule has 0 aliphatic heterocycles. The molecule has 0 radical (unpaired) electrons. The third kappa shape index (κ3) is 2.23. The van der Waals surface area contributed by atoms with E-state index >= 15 is 0 Å². The number of fused-ring (bicyclic) bond motifs is 4. The van der Waals surface area contributed by atoms with Gasteiger partial charge in [-0.25, -0.2) is 4.98 Å². The first-order valence-corrected chi connectivity index (χ1v) is 10.3. The second kappa shape index (κ2) is 6.21. The van der Waals surface area contributed by atoms with Gasteiger partial charge in [0.25, 0.3) is 5.56 Å². The zero-order valence-corrected chi connectivity index (χ0v) is 16.7. The fraction of sp³-hybridized carbons (Fsp3) is 0. The van der Waals surface area contributed by atoms with Crippen LogP contribution in [0.15, 0.2) is 94.1 Å². The number of imidazole rings is 1. The summed E-state index contributed by atoms with van der Waals surface area (Å²) >= 11 is 0.